The maximum absolute atomic E-state index is 13.0. The number of pyridine rings is 1. The van der Waals surface area contributed by atoms with Crippen molar-refractivity contribution < 1.29 is 14.0 Å². The highest BCUT2D eigenvalue weighted by molar-refractivity contribution is 5.95. The van der Waals surface area contributed by atoms with Gasteiger partial charge in [-0.25, -0.2) is 9.37 Å². The molecule has 2 aromatic rings. The highest BCUT2D eigenvalue weighted by atomic mass is 19.1. The summed E-state index contributed by atoms with van der Waals surface area (Å²) >= 11 is 0. The smallest absolute Gasteiger partial charge is 0.270 e. The lowest BCUT2D eigenvalue weighted by Gasteiger charge is -2.72. The Morgan fingerprint density at radius 1 is 1.11 bits per heavy atom. The van der Waals surface area contributed by atoms with Gasteiger partial charge in [-0.05, 0) is 68.0 Å². The number of amides is 2. The van der Waals surface area contributed by atoms with Crippen LogP contribution < -0.4 is 10.6 Å². The summed E-state index contributed by atoms with van der Waals surface area (Å²) in [6.45, 7) is 3.78. The van der Waals surface area contributed by atoms with Gasteiger partial charge in [0.05, 0.1) is 0 Å². The lowest BCUT2D eigenvalue weighted by atomic mass is 9.36. The molecule has 3 fully saturated rings. The Hall–Kier alpha value is -2.76. The third-order valence-electron chi connectivity index (χ3n) is 5.99. The normalized spacial score (nSPS) is 26.3. The molecule has 1 heterocycles. The number of aromatic nitrogens is 1. The molecule has 3 aliphatic carbocycles. The Morgan fingerprint density at radius 3 is 2.41 bits per heavy atom. The molecule has 0 radical (unpaired) electrons. The predicted molar refractivity (Wildman–Crippen MR) is 99.6 cm³/mol. The number of hydrogen-bond acceptors (Lipinski definition) is 3. The number of halogens is 1. The quantitative estimate of drug-likeness (QED) is 0.850. The molecule has 1 aromatic heterocycles. The van der Waals surface area contributed by atoms with Gasteiger partial charge in [0, 0.05) is 22.8 Å². The molecule has 6 heteroatoms. The van der Waals surface area contributed by atoms with Gasteiger partial charge in [-0.2, -0.15) is 0 Å². The van der Waals surface area contributed by atoms with Gasteiger partial charge in [0.2, 0.25) is 5.91 Å². The molecule has 1 aromatic carbocycles. The average molecular weight is 367 g/mol. The van der Waals surface area contributed by atoms with Crippen LogP contribution in [0.15, 0.2) is 42.5 Å². The van der Waals surface area contributed by atoms with E-state index in [2.05, 4.69) is 15.6 Å². The van der Waals surface area contributed by atoms with Gasteiger partial charge in [0.15, 0.2) is 0 Å². The molecular formula is C21H22FN3O2. The second-order valence-corrected chi connectivity index (χ2v) is 8.01. The minimum Gasteiger partial charge on any atom is -0.345 e. The predicted octanol–water partition coefficient (Wildman–Crippen LogP) is 3.46. The first-order valence-electron chi connectivity index (χ1n) is 9.14. The number of hydrogen-bond donors (Lipinski definition) is 2. The fourth-order valence-corrected chi connectivity index (χ4v) is 4.49. The van der Waals surface area contributed by atoms with Gasteiger partial charge in [0.1, 0.15) is 11.5 Å². The average Bonchev–Trinajstić information content (AvgIpc) is 2.58. The summed E-state index contributed by atoms with van der Waals surface area (Å²) in [5, 5.41) is 5.95. The third kappa shape index (κ3) is 3.09. The SMILES string of the molecule is Cc1cccc(C(=O)NC23CC(C(C)C(=O)Nc4ccc(F)cc4)(C2)C3)n1. The number of rotatable bonds is 5. The molecule has 5 rings (SSSR count). The van der Waals surface area contributed by atoms with Gasteiger partial charge in [0.25, 0.3) is 5.91 Å². The van der Waals surface area contributed by atoms with Crippen molar-refractivity contribution in [3.63, 3.8) is 0 Å². The van der Waals surface area contributed by atoms with Crippen LogP contribution in [0.3, 0.4) is 0 Å². The van der Waals surface area contributed by atoms with E-state index in [4.69, 9.17) is 0 Å². The van der Waals surface area contributed by atoms with Crippen LogP contribution in [0.1, 0.15) is 42.4 Å². The maximum atomic E-state index is 13.0. The Bertz CT molecular complexity index is 890. The molecule has 27 heavy (non-hydrogen) atoms. The molecular weight excluding hydrogens is 345 g/mol. The van der Waals surface area contributed by atoms with E-state index >= 15 is 0 Å². The van der Waals surface area contributed by atoms with Crippen LogP contribution in [0.5, 0.6) is 0 Å². The zero-order valence-corrected chi connectivity index (χ0v) is 15.4. The van der Waals surface area contributed by atoms with Crippen LogP contribution in [-0.4, -0.2) is 22.3 Å². The second kappa shape index (κ2) is 6.15. The Labute approximate surface area is 157 Å². The summed E-state index contributed by atoms with van der Waals surface area (Å²) in [7, 11) is 0. The van der Waals surface area contributed by atoms with Crippen molar-refractivity contribution in [1.29, 1.82) is 0 Å². The number of benzene rings is 1. The summed E-state index contributed by atoms with van der Waals surface area (Å²) < 4.78 is 13.0. The van der Waals surface area contributed by atoms with Gasteiger partial charge < -0.3 is 10.6 Å². The molecule has 2 amide bonds. The summed E-state index contributed by atoms with van der Waals surface area (Å²) in [4.78, 5) is 29.2. The summed E-state index contributed by atoms with van der Waals surface area (Å²) in [5.41, 5.74) is 1.57. The molecule has 140 valence electrons. The maximum Gasteiger partial charge on any atom is 0.270 e. The number of anilines is 1. The van der Waals surface area contributed by atoms with Gasteiger partial charge in [-0.15, -0.1) is 0 Å². The van der Waals surface area contributed by atoms with Crippen LogP contribution in [0, 0.1) is 24.1 Å². The molecule has 2 bridgehead atoms. The van der Waals surface area contributed by atoms with Crippen molar-refractivity contribution in [2.24, 2.45) is 11.3 Å². The van der Waals surface area contributed by atoms with E-state index in [1.165, 1.54) is 12.1 Å². The minimum absolute atomic E-state index is 0.0581. The molecule has 1 unspecified atom stereocenters. The largest absolute Gasteiger partial charge is 0.345 e. The van der Waals surface area contributed by atoms with Crippen LogP contribution in [0.2, 0.25) is 0 Å². The minimum atomic E-state index is -0.332. The van der Waals surface area contributed by atoms with Crippen LogP contribution in [-0.2, 0) is 4.79 Å². The highest BCUT2D eigenvalue weighted by Gasteiger charge is 2.71. The monoisotopic (exact) mass is 367 g/mol. The molecule has 3 aliphatic rings. The Kier molecular flexibility index (Phi) is 4.02. The van der Waals surface area contributed by atoms with Gasteiger partial charge >= 0.3 is 0 Å². The zero-order valence-electron chi connectivity index (χ0n) is 15.4. The molecule has 2 N–H and O–H groups in total. The van der Waals surface area contributed by atoms with Gasteiger partial charge in [-0.3, -0.25) is 9.59 Å². The summed E-state index contributed by atoms with van der Waals surface area (Å²) in [6.07, 6.45) is 2.40. The topological polar surface area (TPSA) is 71.1 Å². The van der Waals surface area contributed by atoms with Gasteiger partial charge in [-0.1, -0.05) is 13.0 Å². The molecule has 0 saturated heterocycles. The van der Waals surface area contributed by atoms with Crippen molar-refractivity contribution >= 4 is 17.5 Å². The summed E-state index contributed by atoms with van der Waals surface area (Å²) in [6, 6.07) is 11.1. The van der Waals surface area contributed by atoms with E-state index in [0.717, 1.165) is 25.0 Å². The first-order valence-corrected chi connectivity index (χ1v) is 9.14. The molecule has 0 spiro atoms. The number of aryl methyl sites for hydroxylation is 1. The van der Waals surface area contributed by atoms with E-state index in [1.807, 2.05) is 26.0 Å². The highest BCUT2D eigenvalue weighted by Crippen LogP contribution is 2.70. The van der Waals surface area contributed by atoms with E-state index in [1.54, 1.807) is 18.2 Å². The van der Waals surface area contributed by atoms with E-state index in [9.17, 15) is 14.0 Å². The number of nitrogens with one attached hydrogen (secondary N) is 2. The number of carbonyl (C=O) groups is 2. The van der Waals surface area contributed by atoms with Crippen LogP contribution in [0.4, 0.5) is 10.1 Å². The van der Waals surface area contributed by atoms with Crippen molar-refractivity contribution in [3.05, 3.63) is 59.7 Å². The lowest BCUT2D eigenvalue weighted by Crippen LogP contribution is -2.77. The van der Waals surface area contributed by atoms with Crippen molar-refractivity contribution in [2.45, 2.75) is 38.6 Å². The molecule has 3 saturated carbocycles. The first kappa shape index (κ1) is 17.6. The standard InChI is InChI=1S/C21H22FN3O2/c1-13-4-3-5-17(23-13)19(27)25-21-10-20(11-21,12-21)14(2)18(26)24-16-8-6-15(22)7-9-16/h3-9,14H,10-12H2,1-2H3,(H,24,26)(H,25,27). The lowest BCUT2D eigenvalue weighted by molar-refractivity contribution is -0.184. The van der Waals surface area contributed by atoms with E-state index < -0.39 is 0 Å². The molecule has 5 nitrogen and oxygen atoms in total. The van der Waals surface area contributed by atoms with E-state index in [-0.39, 0.29) is 34.5 Å². The van der Waals surface area contributed by atoms with Crippen molar-refractivity contribution in [3.8, 4) is 0 Å². The molecule has 0 aliphatic heterocycles. The third-order valence-corrected chi connectivity index (χ3v) is 5.99. The van der Waals surface area contributed by atoms with Crippen LogP contribution in [0.25, 0.3) is 0 Å². The first-order chi connectivity index (χ1) is 12.8. The fraction of sp³-hybridized carbons (Fsp3) is 0.381. The molecule has 1 atom stereocenters. The summed E-state index contributed by atoms with van der Waals surface area (Å²) in [5.74, 6) is -0.725. The van der Waals surface area contributed by atoms with E-state index in [0.29, 0.717) is 11.4 Å². The number of nitrogens with zero attached hydrogens (tertiary/aromatic N) is 1. The second-order valence-electron chi connectivity index (χ2n) is 8.01. The van der Waals surface area contributed by atoms with Crippen molar-refractivity contribution in [2.75, 3.05) is 5.32 Å². The van der Waals surface area contributed by atoms with Crippen molar-refractivity contribution in [1.82, 2.24) is 10.3 Å². The Balaban J connectivity index is 1.33. The van der Waals surface area contributed by atoms with Crippen LogP contribution >= 0.6 is 0 Å². The number of carbonyl (C=O) groups excluding carboxylic acids is 2. The fourth-order valence-electron chi connectivity index (χ4n) is 4.49. The zero-order chi connectivity index (χ0) is 19.2. The Morgan fingerprint density at radius 2 is 1.78 bits per heavy atom.